The van der Waals surface area contributed by atoms with E-state index >= 15 is 0 Å². The van der Waals surface area contributed by atoms with Crippen LogP contribution in [-0.4, -0.2) is 20.4 Å². The molecule has 0 aliphatic rings. The highest BCUT2D eigenvalue weighted by molar-refractivity contribution is 5.62. The van der Waals surface area contributed by atoms with Gasteiger partial charge in [0.15, 0.2) is 0 Å². The lowest BCUT2D eigenvalue weighted by molar-refractivity contribution is 0.414. The second-order valence-corrected chi connectivity index (χ2v) is 5.97. The van der Waals surface area contributed by atoms with Gasteiger partial charge in [-0.3, -0.25) is 4.99 Å². The van der Waals surface area contributed by atoms with Gasteiger partial charge in [0.05, 0.1) is 20.3 Å². The lowest BCUT2D eigenvalue weighted by Crippen LogP contribution is -2.00. The predicted octanol–water partition coefficient (Wildman–Crippen LogP) is 5.11. The molecule has 0 fully saturated rings. The maximum Gasteiger partial charge on any atom is 0.118 e. The van der Waals surface area contributed by atoms with Crippen molar-refractivity contribution in [2.24, 2.45) is 4.99 Å². The van der Waals surface area contributed by atoms with Gasteiger partial charge >= 0.3 is 0 Å². The number of hydrogen-bond acceptors (Lipinski definition) is 3. The van der Waals surface area contributed by atoms with Crippen molar-refractivity contribution in [3.05, 3.63) is 95.6 Å². The van der Waals surface area contributed by atoms with E-state index < -0.39 is 0 Å². The fourth-order valence-corrected chi connectivity index (χ4v) is 2.81. The summed E-state index contributed by atoms with van der Waals surface area (Å²) in [4.78, 5) is 4.86. The summed E-state index contributed by atoms with van der Waals surface area (Å²) in [5, 5.41) is 0. The molecule has 0 amide bonds. The topological polar surface area (TPSA) is 30.8 Å². The van der Waals surface area contributed by atoms with Crippen LogP contribution in [0.15, 0.2) is 83.9 Å². The summed E-state index contributed by atoms with van der Waals surface area (Å²) >= 11 is 0. The zero-order chi connectivity index (χ0) is 18.2. The second kappa shape index (κ2) is 8.86. The molecule has 0 atom stereocenters. The number of methoxy groups -OCH3 is 2. The van der Waals surface area contributed by atoms with E-state index in [1.807, 2.05) is 48.7 Å². The summed E-state index contributed by atoms with van der Waals surface area (Å²) in [6, 6.07) is 26.4. The van der Waals surface area contributed by atoms with E-state index in [0.29, 0.717) is 0 Å². The van der Waals surface area contributed by atoms with Crippen LogP contribution in [0.1, 0.15) is 22.7 Å². The maximum atomic E-state index is 5.27. The minimum Gasteiger partial charge on any atom is -0.497 e. The lowest BCUT2D eigenvalue weighted by Gasteiger charge is -2.15. The van der Waals surface area contributed by atoms with Gasteiger partial charge in [0.2, 0.25) is 0 Å². The molecule has 0 bridgehead atoms. The molecule has 0 aliphatic carbocycles. The van der Waals surface area contributed by atoms with Gasteiger partial charge in [0.25, 0.3) is 0 Å². The third kappa shape index (κ3) is 4.51. The fourth-order valence-electron chi connectivity index (χ4n) is 2.81. The molecule has 3 nitrogen and oxygen atoms in total. The Balaban J connectivity index is 1.86. The summed E-state index contributed by atoms with van der Waals surface area (Å²) in [6.07, 6.45) is 2.80. The van der Waals surface area contributed by atoms with Crippen LogP contribution in [-0.2, 0) is 6.42 Å². The first-order chi connectivity index (χ1) is 12.8. The highest BCUT2D eigenvalue weighted by atomic mass is 16.5. The van der Waals surface area contributed by atoms with Gasteiger partial charge < -0.3 is 9.47 Å². The van der Waals surface area contributed by atoms with E-state index in [2.05, 4.69) is 36.4 Å². The third-order valence-corrected chi connectivity index (χ3v) is 4.29. The van der Waals surface area contributed by atoms with Gasteiger partial charge in [-0.05, 0) is 41.0 Å². The molecular weight excluding hydrogens is 322 g/mol. The Morgan fingerprint density at radius 1 is 0.731 bits per heavy atom. The minimum atomic E-state index is -0.0597. The molecule has 0 aliphatic heterocycles. The van der Waals surface area contributed by atoms with Gasteiger partial charge in [-0.15, -0.1) is 0 Å². The molecule has 3 aromatic carbocycles. The number of nitrogens with zero attached hydrogens (tertiary/aromatic N) is 1. The van der Waals surface area contributed by atoms with Crippen LogP contribution in [0.3, 0.4) is 0 Å². The van der Waals surface area contributed by atoms with Crippen LogP contribution < -0.4 is 9.47 Å². The van der Waals surface area contributed by atoms with Crippen LogP contribution in [0.25, 0.3) is 0 Å². The maximum absolute atomic E-state index is 5.27. The molecule has 26 heavy (non-hydrogen) atoms. The molecule has 0 spiro atoms. The first-order valence-electron chi connectivity index (χ1n) is 8.63. The van der Waals surface area contributed by atoms with Crippen molar-refractivity contribution >= 4 is 6.21 Å². The molecule has 3 heteroatoms. The average molecular weight is 345 g/mol. The SMILES string of the molecule is COc1ccc(C(N=CCc2ccccc2)c2ccc(OC)cc2)cc1. The molecule has 0 N–H and O–H groups in total. The van der Waals surface area contributed by atoms with Crippen molar-refractivity contribution in [3.63, 3.8) is 0 Å². The summed E-state index contributed by atoms with van der Waals surface area (Å²) in [7, 11) is 3.35. The number of benzene rings is 3. The quantitative estimate of drug-likeness (QED) is 0.557. The predicted molar refractivity (Wildman–Crippen MR) is 106 cm³/mol. The van der Waals surface area contributed by atoms with Crippen molar-refractivity contribution in [3.8, 4) is 11.5 Å². The van der Waals surface area contributed by atoms with Crippen LogP contribution in [0.4, 0.5) is 0 Å². The highest BCUT2D eigenvalue weighted by Gasteiger charge is 2.12. The molecule has 3 rings (SSSR count). The molecular formula is C23H23NO2. The summed E-state index contributed by atoms with van der Waals surface area (Å²) in [5.74, 6) is 1.69. The lowest BCUT2D eigenvalue weighted by atomic mass is 9.99. The molecule has 0 radical (unpaired) electrons. The van der Waals surface area contributed by atoms with Gasteiger partial charge in [0.1, 0.15) is 11.5 Å². The largest absolute Gasteiger partial charge is 0.497 e. The minimum absolute atomic E-state index is 0.0597. The van der Waals surface area contributed by atoms with Crippen LogP contribution >= 0.6 is 0 Å². The van der Waals surface area contributed by atoms with Crippen molar-refractivity contribution in [1.82, 2.24) is 0 Å². The number of ether oxygens (including phenoxy) is 2. The Labute approximate surface area is 154 Å². The molecule has 0 unspecified atom stereocenters. The smallest absolute Gasteiger partial charge is 0.118 e. The van der Waals surface area contributed by atoms with Crippen LogP contribution in [0.5, 0.6) is 11.5 Å². The molecule has 0 heterocycles. The van der Waals surface area contributed by atoms with Gasteiger partial charge in [-0.2, -0.15) is 0 Å². The van der Waals surface area contributed by atoms with E-state index in [4.69, 9.17) is 14.5 Å². The molecule has 132 valence electrons. The van der Waals surface area contributed by atoms with Crippen LogP contribution in [0, 0.1) is 0 Å². The Bertz CT molecular complexity index is 777. The number of aliphatic imine (C=N–C) groups is 1. The monoisotopic (exact) mass is 345 g/mol. The van der Waals surface area contributed by atoms with E-state index in [1.165, 1.54) is 5.56 Å². The van der Waals surface area contributed by atoms with Gasteiger partial charge in [-0.1, -0.05) is 54.6 Å². The molecule has 0 aromatic heterocycles. The zero-order valence-corrected chi connectivity index (χ0v) is 15.1. The standard InChI is InChI=1S/C23H23NO2/c1-25-21-12-8-19(9-13-21)23(20-10-14-22(26-2)15-11-20)24-17-16-18-6-4-3-5-7-18/h3-15,17,23H,16H2,1-2H3. The Kier molecular flexibility index (Phi) is 6.05. The first-order valence-corrected chi connectivity index (χ1v) is 8.63. The van der Waals surface area contributed by atoms with Gasteiger partial charge in [0, 0.05) is 12.6 Å². The average Bonchev–Trinajstić information content (AvgIpc) is 2.72. The van der Waals surface area contributed by atoms with Crippen molar-refractivity contribution in [1.29, 1.82) is 0 Å². The number of hydrogen-bond donors (Lipinski definition) is 0. The van der Waals surface area contributed by atoms with Crippen LogP contribution in [0.2, 0.25) is 0 Å². The van der Waals surface area contributed by atoms with Crippen molar-refractivity contribution in [2.75, 3.05) is 14.2 Å². The van der Waals surface area contributed by atoms with E-state index in [-0.39, 0.29) is 6.04 Å². The van der Waals surface area contributed by atoms with Gasteiger partial charge in [-0.25, -0.2) is 0 Å². The Hall–Kier alpha value is -3.07. The third-order valence-electron chi connectivity index (χ3n) is 4.29. The summed E-state index contributed by atoms with van der Waals surface area (Å²) in [6.45, 7) is 0. The Morgan fingerprint density at radius 2 is 1.23 bits per heavy atom. The summed E-state index contributed by atoms with van der Waals surface area (Å²) in [5.41, 5.74) is 3.50. The molecule has 0 saturated heterocycles. The number of rotatable bonds is 7. The summed E-state index contributed by atoms with van der Waals surface area (Å²) < 4.78 is 10.5. The van der Waals surface area contributed by atoms with Crippen molar-refractivity contribution in [2.45, 2.75) is 12.5 Å². The van der Waals surface area contributed by atoms with Crippen molar-refractivity contribution < 1.29 is 9.47 Å². The van der Waals surface area contributed by atoms with E-state index in [9.17, 15) is 0 Å². The Morgan fingerprint density at radius 3 is 1.69 bits per heavy atom. The second-order valence-electron chi connectivity index (χ2n) is 5.97. The zero-order valence-electron chi connectivity index (χ0n) is 15.1. The normalized spacial score (nSPS) is 11.0. The molecule has 3 aromatic rings. The highest BCUT2D eigenvalue weighted by Crippen LogP contribution is 2.28. The van der Waals surface area contributed by atoms with E-state index in [1.54, 1.807) is 14.2 Å². The first kappa shape index (κ1) is 17.7. The molecule has 0 saturated carbocycles. The van der Waals surface area contributed by atoms with E-state index in [0.717, 1.165) is 29.0 Å². The fraction of sp³-hybridized carbons (Fsp3) is 0.174.